The molecule has 1 aliphatic heterocycles. The Bertz CT molecular complexity index is 939. The zero-order chi connectivity index (χ0) is 19.7. The first-order chi connectivity index (χ1) is 12.7. The normalized spacial score (nSPS) is 18.8. The van der Waals surface area contributed by atoms with E-state index in [0.717, 1.165) is 0 Å². The average Bonchev–Trinajstić information content (AvgIpc) is 3.17. The third-order valence-corrected chi connectivity index (χ3v) is 7.58. The summed E-state index contributed by atoms with van der Waals surface area (Å²) in [5.74, 6) is 6.42. The molecule has 1 aliphatic rings. The van der Waals surface area contributed by atoms with E-state index in [2.05, 4.69) is 21.8 Å². The average molecular weight is 407 g/mol. The van der Waals surface area contributed by atoms with Crippen molar-refractivity contribution in [2.45, 2.75) is 36.6 Å². The Morgan fingerprint density at radius 2 is 2.00 bits per heavy atom. The van der Waals surface area contributed by atoms with Crippen molar-refractivity contribution in [1.29, 1.82) is 0 Å². The van der Waals surface area contributed by atoms with Gasteiger partial charge in [0.05, 0.1) is 5.60 Å². The van der Waals surface area contributed by atoms with E-state index in [1.165, 1.54) is 15.6 Å². The van der Waals surface area contributed by atoms with E-state index < -0.39 is 15.6 Å². The number of nitrogens with zero attached hydrogens (tertiary/aromatic N) is 4. The molecular weight excluding hydrogens is 384 g/mol. The molecule has 0 saturated carbocycles. The summed E-state index contributed by atoms with van der Waals surface area (Å²) in [5.41, 5.74) is -0.405. The first kappa shape index (κ1) is 19.8. The maximum absolute atomic E-state index is 12.8. The van der Waals surface area contributed by atoms with Gasteiger partial charge in [0.1, 0.15) is 10.3 Å². The molecule has 3 rings (SSSR count). The summed E-state index contributed by atoms with van der Waals surface area (Å²) in [7, 11) is -3.52. The van der Waals surface area contributed by atoms with Gasteiger partial charge in [-0.15, -0.1) is 17.3 Å². The van der Waals surface area contributed by atoms with Gasteiger partial charge in [-0.3, -0.25) is 0 Å². The summed E-state index contributed by atoms with van der Waals surface area (Å²) in [6.45, 7) is 6.08. The quantitative estimate of drug-likeness (QED) is 0.778. The number of hydrogen-bond donors (Lipinski definition) is 1. The Hall–Kier alpha value is -1.99. The minimum Gasteiger partial charge on any atom is -0.386 e. The van der Waals surface area contributed by atoms with Crippen molar-refractivity contribution in [2.75, 3.05) is 24.5 Å². The van der Waals surface area contributed by atoms with Crippen LogP contribution in [-0.4, -0.2) is 53.5 Å². The molecule has 0 amide bonds. The Labute approximate surface area is 163 Å². The molecule has 3 heterocycles. The first-order valence-electron chi connectivity index (χ1n) is 8.51. The number of aliphatic hydroxyl groups is 1. The van der Waals surface area contributed by atoms with Crippen LogP contribution < -0.4 is 4.90 Å². The van der Waals surface area contributed by atoms with Gasteiger partial charge in [-0.2, -0.15) is 4.31 Å². The van der Waals surface area contributed by atoms with E-state index in [1.807, 2.05) is 4.90 Å². The summed E-state index contributed by atoms with van der Waals surface area (Å²) >= 11 is 1.21. The van der Waals surface area contributed by atoms with Gasteiger partial charge in [-0.1, -0.05) is 12.0 Å². The van der Waals surface area contributed by atoms with Crippen LogP contribution in [0.2, 0.25) is 0 Å². The first-order valence-corrected chi connectivity index (χ1v) is 10.8. The topological polar surface area (TPSA) is 86.6 Å². The van der Waals surface area contributed by atoms with E-state index in [1.54, 1.807) is 50.7 Å². The minimum atomic E-state index is -3.52. The van der Waals surface area contributed by atoms with E-state index in [4.69, 9.17) is 0 Å². The maximum Gasteiger partial charge on any atom is 0.252 e. The van der Waals surface area contributed by atoms with Crippen molar-refractivity contribution in [3.63, 3.8) is 0 Å². The molecule has 0 aromatic carbocycles. The van der Waals surface area contributed by atoms with Gasteiger partial charge in [0.2, 0.25) is 5.95 Å². The smallest absolute Gasteiger partial charge is 0.252 e. The van der Waals surface area contributed by atoms with Gasteiger partial charge in [-0.05, 0) is 32.2 Å². The molecule has 144 valence electrons. The molecule has 1 saturated heterocycles. The summed E-state index contributed by atoms with van der Waals surface area (Å²) < 4.78 is 27.4. The lowest BCUT2D eigenvalue weighted by Crippen LogP contribution is -2.54. The molecule has 0 radical (unpaired) electrons. The number of anilines is 1. The summed E-state index contributed by atoms with van der Waals surface area (Å²) in [6.07, 6.45) is 3.18. The second kappa shape index (κ2) is 7.56. The molecule has 2 aromatic heterocycles. The second-order valence-electron chi connectivity index (χ2n) is 6.73. The predicted molar refractivity (Wildman–Crippen MR) is 105 cm³/mol. The van der Waals surface area contributed by atoms with Crippen molar-refractivity contribution in [3.05, 3.63) is 35.5 Å². The van der Waals surface area contributed by atoms with Gasteiger partial charge >= 0.3 is 0 Å². The molecular formula is C18H22N4O3S2. The Morgan fingerprint density at radius 1 is 1.30 bits per heavy atom. The van der Waals surface area contributed by atoms with Gasteiger partial charge in [-0.25, -0.2) is 18.4 Å². The molecule has 0 unspecified atom stereocenters. The SMILES string of the molecule is CC#C[C@@H]1CN(S(=O)(=O)c2cccs2)CCN1c1ncc(C(C)(C)O)cn1. The molecule has 0 bridgehead atoms. The fraction of sp³-hybridized carbons (Fsp3) is 0.444. The molecule has 1 N–H and O–H groups in total. The number of piperazine rings is 1. The van der Waals surface area contributed by atoms with Crippen LogP contribution >= 0.6 is 11.3 Å². The molecule has 9 heteroatoms. The van der Waals surface area contributed by atoms with Crippen LogP contribution in [0.5, 0.6) is 0 Å². The van der Waals surface area contributed by atoms with Crippen molar-refractivity contribution >= 4 is 27.3 Å². The number of sulfonamides is 1. The van der Waals surface area contributed by atoms with Crippen LogP contribution in [0.25, 0.3) is 0 Å². The van der Waals surface area contributed by atoms with Gasteiger partial charge in [0.25, 0.3) is 10.0 Å². The monoisotopic (exact) mass is 406 g/mol. The fourth-order valence-corrected chi connectivity index (χ4v) is 5.41. The van der Waals surface area contributed by atoms with E-state index in [9.17, 15) is 13.5 Å². The van der Waals surface area contributed by atoms with E-state index in [-0.39, 0.29) is 12.6 Å². The highest BCUT2D eigenvalue weighted by atomic mass is 32.2. The Balaban J connectivity index is 1.84. The molecule has 1 fully saturated rings. The summed E-state index contributed by atoms with van der Waals surface area (Å²) in [5, 5.41) is 11.8. The van der Waals surface area contributed by atoms with Gasteiger partial charge < -0.3 is 10.0 Å². The maximum atomic E-state index is 12.8. The lowest BCUT2D eigenvalue weighted by Gasteiger charge is -2.38. The van der Waals surface area contributed by atoms with Crippen LogP contribution in [0.4, 0.5) is 5.95 Å². The van der Waals surface area contributed by atoms with Crippen LogP contribution in [-0.2, 0) is 15.6 Å². The third kappa shape index (κ3) is 4.14. The highest BCUT2D eigenvalue weighted by Crippen LogP contribution is 2.26. The van der Waals surface area contributed by atoms with Crippen molar-refractivity contribution in [2.24, 2.45) is 0 Å². The fourth-order valence-electron chi connectivity index (χ4n) is 2.83. The number of aromatic nitrogens is 2. The lowest BCUT2D eigenvalue weighted by molar-refractivity contribution is 0.0778. The highest BCUT2D eigenvalue weighted by molar-refractivity contribution is 7.91. The molecule has 0 aliphatic carbocycles. The second-order valence-corrected chi connectivity index (χ2v) is 9.84. The van der Waals surface area contributed by atoms with Crippen molar-refractivity contribution in [1.82, 2.24) is 14.3 Å². The zero-order valence-corrected chi connectivity index (χ0v) is 17.1. The van der Waals surface area contributed by atoms with Crippen LogP contribution in [0.15, 0.2) is 34.1 Å². The largest absolute Gasteiger partial charge is 0.386 e. The molecule has 7 nitrogen and oxygen atoms in total. The summed E-state index contributed by atoms with van der Waals surface area (Å²) in [4.78, 5) is 10.6. The number of thiophene rings is 1. The van der Waals surface area contributed by atoms with Gasteiger partial charge in [0.15, 0.2) is 0 Å². The Morgan fingerprint density at radius 3 is 2.56 bits per heavy atom. The molecule has 1 atom stereocenters. The highest BCUT2D eigenvalue weighted by Gasteiger charge is 2.35. The van der Waals surface area contributed by atoms with E-state index >= 15 is 0 Å². The predicted octanol–water partition coefficient (Wildman–Crippen LogP) is 1.67. The Kier molecular flexibility index (Phi) is 5.53. The molecule has 2 aromatic rings. The minimum absolute atomic E-state index is 0.248. The third-order valence-electron chi connectivity index (χ3n) is 4.34. The number of rotatable bonds is 4. The standard InChI is InChI=1S/C18H22N4O3S2/c1-4-6-15-13-21(27(24,25)16-7-5-10-26-16)8-9-22(15)17-19-11-14(12-20-17)18(2,3)23/h5,7,10-12,15,23H,8-9,13H2,1-3H3/t15-/m1/s1. The van der Waals surface area contributed by atoms with Crippen LogP contribution in [0.1, 0.15) is 26.3 Å². The van der Waals surface area contributed by atoms with Crippen LogP contribution in [0, 0.1) is 11.8 Å². The zero-order valence-electron chi connectivity index (χ0n) is 15.5. The van der Waals surface area contributed by atoms with Crippen molar-refractivity contribution < 1.29 is 13.5 Å². The number of hydrogen-bond acceptors (Lipinski definition) is 7. The summed E-state index contributed by atoms with van der Waals surface area (Å²) in [6, 6.07) is 3.01. The molecule has 0 spiro atoms. The van der Waals surface area contributed by atoms with Gasteiger partial charge in [0, 0.05) is 37.6 Å². The van der Waals surface area contributed by atoms with Crippen LogP contribution in [0.3, 0.4) is 0 Å². The van der Waals surface area contributed by atoms with E-state index in [0.29, 0.717) is 28.8 Å². The lowest BCUT2D eigenvalue weighted by atomic mass is 10.0. The molecule has 27 heavy (non-hydrogen) atoms. The van der Waals surface area contributed by atoms with Crippen molar-refractivity contribution in [3.8, 4) is 11.8 Å².